The topological polar surface area (TPSA) is 100 Å². The average Bonchev–Trinajstić information content (AvgIpc) is 3.13. The molecular weight excluding hydrogens is 632 g/mol. The number of halogens is 1. The molecule has 0 radical (unpaired) electrons. The Bertz CT molecular complexity index is 1870. The molecule has 1 fully saturated rings. The molecule has 0 bridgehead atoms. The molecule has 0 saturated heterocycles. The first-order chi connectivity index (χ1) is 23.8. The molecule has 4 aromatic rings. The van der Waals surface area contributed by atoms with Gasteiger partial charge >= 0.3 is 11.9 Å². The number of carbonyl (C=O) groups is 2. The van der Waals surface area contributed by atoms with Crippen LogP contribution in [0.25, 0.3) is 16.7 Å². The molecule has 1 saturated carbocycles. The Morgan fingerprint density at radius 3 is 1.90 bits per heavy atom. The number of hydrogen-bond acceptors (Lipinski definition) is 6. The highest BCUT2D eigenvalue weighted by molar-refractivity contribution is 6.33. The molecule has 6 nitrogen and oxygen atoms in total. The first kappa shape index (κ1) is 35.1. The number of benzene rings is 4. The van der Waals surface area contributed by atoms with Gasteiger partial charge in [-0.1, -0.05) is 92.7 Å². The molecule has 1 aliphatic carbocycles. The fraction of sp³-hybridized carbons (Fsp3) is 0.286. The third-order valence-corrected chi connectivity index (χ3v) is 9.68. The molecule has 0 N–H and O–H groups in total. The van der Waals surface area contributed by atoms with E-state index in [0.29, 0.717) is 22.6 Å². The Kier molecular flexibility index (Phi) is 12.0. The van der Waals surface area contributed by atoms with Crippen LogP contribution in [-0.4, -0.2) is 11.9 Å². The monoisotopic (exact) mass is 670 g/mol. The predicted octanol–water partition coefficient (Wildman–Crippen LogP) is 11.1. The van der Waals surface area contributed by atoms with Crippen molar-refractivity contribution in [2.75, 3.05) is 0 Å². The van der Waals surface area contributed by atoms with Crippen molar-refractivity contribution in [2.45, 2.75) is 71.1 Å². The van der Waals surface area contributed by atoms with Gasteiger partial charge in [-0.15, -0.1) is 0 Å². The van der Waals surface area contributed by atoms with Crippen LogP contribution in [0.4, 0.5) is 0 Å². The van der Waals surface area contributed by atoms with Gasteiger partial charge in [-0.25, -0.2) is 9.59 Å². The number of rotatable bonds is 11. The minimum Gasteiger partial charge on any atom is -0.423 e. The van der Waals surface area contributed by atoms with Crippen LogP contribution in [0.2, 0.25) is 5.02 Å². The highest BCUT2D eigenvalue weighted by Gasteiger charge is 2.22. The molecule has 0 aliphatic heterocycles. The Morgan fingerprint density at radius 2 is 1.31 bits per heavy atom. The second-order valence-electron chi connectivity index (χ2n) is 12.6. The summed E-state index contributed by atoms with van der Waals surface area (Å²) in [5.41, 5.74) is 5.22. The molecule has 248 valence electrons. The zero-order valence-corrected chi connectivity index (χ0v) is 28.6. The van der Waals surface area contributed by atoms with Gasteiger partial charge in [0.15, 0.2) is 0 Å². The SMILES string of the molecule is CCCCC[C@H]1CC[C@H](c2ccc(-c3ccc(C(=O)Oc4ccc(C(=O)Oc5ccc(C(C)=C(C#N)C#N)cc5)c(Cl)c4)cc3)cc2)CC1. The molecule has 0 spiro atoms. The first-order valence-electron chi connectivity index (χ1n) is 16.9. The maximum atomic E-state index is 12.9. The van der Waals surface area contributed by atoms with Crippen molar-refractivity contribution in [2.24, 2.45) is 5.92 Å². The fourth-order valence-corrected chi connectivity index (χ4v) is 6.62. The molecule has 0 aromatic heterocycles. The van der Waals surface area contributed by atoms with E-state index >= 15 is 0 Å². The zero-order chi connectivity index (χ0) is 34.8. The van der Waals surface area contributed by atoms with Crippen LogP contribution in [0.3, 0.4) is 0 Å². The smallest absolute Gasteiger partial charge is 0.345 e. The van der Waals surface area contributed by atoms with Crippen LogP contribution in [0.15, 0.2) is 96.6 Å². The van der Waals surface area contributed by atoms with Gasteiger partial charge in [0.25, 0.3) is 0 Å². The highest BCUT2D eigenvalue weighted by Crippen LogP contribution is 2.38. The Labute approximate surface area is 293 Å². The summed E-state index contributed by atoms with van der Waals surface area (Å²) in [4.78, 5) is 25.7. The van der Waals surface area contributed by atoms with Crippen molar-refractivity contribution in [3.05, 3.63) is 124 Å². The van der Waals surface area contributed by atoms with Gasteiger partial charge in [0.1, 0.15) is 29.2 Å². The van der Waals surface area contributed by atoms with Gasteiger partial charge in [-0.05, 0) is 109 Å². The summed E-state index contributed by atoms with van der Waals surface area (Å²) in [6.45, 7) is 3.94. The van der Waals surface area contributed by atoms with Gasteiger partial charge in [0.05, 0.1) is 16.1 Å². The largest absolute Gasteiger partial charge is 0.423 e. The molecule has 1 aliphatic rings. The van der Waals surface area contributed by atoms with Crippen LogP contribution in [0, 0.1) is 28.6 Å². The van der Waals surface area contributed by atoms with Crippen LogP contribution in [-0.2, 0) is 0 Å². The summed E-state index contributed by atoms with van der Waals surface area (Å²) in [5.74, 6) is 0.764. The standard InChI is InChI=1S/C42H39ClN2O4/c1-3-4-5-6-29-7-9-31(10-8-29)32-11-13-33(14-12-32)34-15-17-35(18-16-34)41(46)49-38-23-24-39(40(43)25-38)42(47)48-37-21-19-30(20-22-37)28(2)36(26-44)27-45/h11-25,29,31H,3-10H2,1-2H3/t29-,31-. The van der Waals surface area contributed by atoms with Crippen molar-refractivity contribution in [1.29, 1.82) is 10.5 Å². The molecule has 7 heteroatoms. The lowest BCUT2D eigenvalue weighted by Crippen LogP contribution is -2.13. The van der Waals surface area contributed by atoms with E-state index in [1.54, 1.807) is 43.3 Å². The van der Waals surface area contributed by atoms with Crippen LogP contribution >= 0.6 is 11.6 Å². The lowest BCUT2D eigenvalue weighted by atomic mass is 9.77. The van der Waals surface area contributed by atoms with Gasteiger partial charge in [-0.2, -0.15) is 10.5 Å². The summed E-state index contributed by atoms with van der Waals surface area (Å²) in [6.07, 6.45) is 10.6. The van der Waals surface area contributed by atoms with Crippen molar-refractivity contribution < 1.29 is 19.1 Å². The van der Waals surface area contributed by atoms with Crippen LogP contribution in [0.5, 0.6) is 11.5 Å². The molecule has 5 rings (SSSR count). The number of nitrogens with zero attached hydrogens (tertiary/aromatic N) is 2. The average molecular weight is 671 g/mol. The van der Waals surface area contributed by atoms with Crippen molar-refractivity contribution >= 4 is 29.1 Å². The summed E-state index contributed by atoms with van der Waals surface area (Å²) in [6, 6.07) is 30.6. The molecule has 0 amide bonds. The maximum Gasteiger partial charge on any atom is 0.345 e. The van der Waals surface area contributed by atoms with E-state index in [9.17, 15) is 9.59 Å². The summed E-state index contributed by atoms with van der Waals surface area (Å²) in [7, 11) is 0. The molecule has 0 heterocycles. The summed E-state index contributed by atoms with van der Waals surface area (Å²) >= 11 is 6.37. The number of carbonyl (C=O) groups excluding carboxylic acids is 2. The van der Waals surface area contributed by atoms with E-state index in [4.69, 9.17) is 31.6 Å². The third kappa shape index (κ3) is 9.05. The molecule has 0 unspecified atom stereocenters. The Balaban J connectivity index is 1.14. The Morgan fingerprint density at radius 1 is 0.735 bits per heavy atom. The molecule has 49 heavy (non-hydrogen) atoms. The number of esters is 2. The zero-order valence-electron chi connectivity index (χ0n) is 27.9. The minimum absolute atomic E-state index is 0.00943. The van der Waals surface area contributed by atoms with E-state index in [1.165, 1.54) is 75.1 Å². The van der Waals surface area contributed by atoms with Gasteiger partial charge < -0.3 is 9.47 Å². The van der Waals surface area contributed by atoms with Gasteiger partial charge in [0.2, 0.25) is 0 Å². The fourth-order valence-electron chi connectivity index (χ4n) is 6.38. The third-order valence-electron chi connectivity index (χ3n) is 9.37. The summed E-state index contributed by atoms with van der Waals surface area (Å²) < 4.78 is 11.0. The lowest BCUT2D eigenvalue weighted by molar-refractivity contribution is 0.0730. The highest BCUT2D eigenvalue weighted by atomic mass is 35.5. The van der Waals surface area contributed by atoms with Crippen molar-refractivity contribution in [3.8, 4) is 34.8 Å². The Hall–Kier alpha value is -5.17. The van der Waals surface area contributed by atoms with Crippen LogP contribution in [0.1, 0.15) is 103 Å². The number of hydrogen-bond donors (Lipinski definition) is 0. The van der Waals surface area contributed by atoms with Crippen LogP contribution < -0.4 is 9.47 Å². The van der Waals surface area contributed by atoms with E-state index in [1.807, 2.05) is 24.3 Å². The van der Waals surface area contributed by atoms with Crippen molar-refractivity contribution in [1.82, 2.24) is 0 Å². The number of nitriles is 2. The molecule has 0 atom stereocenters. The van der Waals surface area contributed by atoms with Gasteiger partial charge in [0, 0.05) is 6.07 Å². The number of allylic oxidation sites excluding steroid dienone is 2. The maximum absolute atomic E-state index is 12.9. The van der Waals surface area contributed by atoms with Gasteiger partial charge in [-0.3, -0.25) is 0 Å². The predicted molar refractivity (Wildman–Crippen MR) is 192 cm³/mol. The van der Waals surface area contributed by atoms with E-state index in [2.05, 4.69) is 31.2 Å². The van der Waals surface area contributed by atoms with Crippen molar-refractivity contribution in [3.63, 3.8) is 0 Å². The lowest BCUT2D eigenvalue weighted by Gasteiger charge is -2.29. The molecular formula is C42H39ClN2O4. The normalized spacial score (nSPS) is 15.4. The van der Waals surface area contributed by atoms with E-state index in [-0.39, 0.29) is 27.7 Å². The van der Waals surface area contributed by atoms with E-state index in [0.717, 1.165) is 17.0 Å². The van der Waals surface area contributed by atoms with E-state index < -0.39 is 11.9 Å². The number of ether oxygens (including phenoxy) is 2. The first-order valence-corrected chi connectivity index (χ1v) is 17.2. The molecule has 4 aromatic carbocycles. The second kappa shape index (κ2) is 16.8. The summed E-state index contributed by atoms with van der Waals surface area (Å²) in [5, 5.41) is 18.2. The number of unbranched alkanes of at least 4 members (excludes halogenated alkanes) is 2. The quantitative estimate of drug-likeness (QED) is 0.0681. The second-order valence-corrected chi connectivity index (χ2v) is 13.0. The minimum atomic E-state index is -0.688.